The lowest BCUT2D eigenvalue weighted by Crippen LogP contribution is -2.25. The highest BCUT2D eigenvalue weighted by molar-refractivity contribution is 5.74. The van der Waals surface area contributed by atoms with E-state index in [-0.39, 0.29) is 0 Å². The summed E-state index contributed by atoms with van der Waals surface area (Å²) in [6.07, 6.45) is 1.06. The number of nitrogens with two attached hydrogens (primary N) is 1. The van der Waals surface area contributed by atoms with Crippen molar-refractivity contribution in [3.8, 4) is 0 Å². The minimum Gasteiger partial charge on any atom is -0.369 e. The second-order valence-corrected chi connectivity index (χ2v) is 4.80. The lowest BCUT2D eigenvalue weighted by Gasteiger charge is -2.17. The zero-order chi connectivity index (χ0) is 13.8. The maximum absolute atomic E-state index is 5.98. The fraction of sp³-hybridized carbons (Fsp3) is 0.571. The van der Waals surface area contributed by atoms with E-state index < -0.39 is 0 Å². The van der Waals surface area contributed by atoms with Crippen LogP contribution in [0.3, 0.4) is 0 Å². The van der Waals surface area contributed by atoms with E-state index in [1.807, 2.05) is 23.6 Å². The Bertz CT molecular complexity index is 542. The number of rotatable bonds is 6. The molecule has 0 aliphatic heterocycles. The van der Waals surface area contributed by atoms with Crippen LogP contribution in [0, 0.1) is 6.92 Å². The van der Waals surface area contributed by atoms with Crippen LogP contribution in [0.5, 0.6) is 0 Å². The van der Waals surface area contributed by atoms with Crippen LogP contribution in [0.15, 0.2) is 12.1 Å². The summed E-state index contributed by atoms with van der Waals surface area (Å²) in [5.41, 5.74) is 8.76. The molecule has 2 rings (SSSR count). The van der Waals surface area contributed by atoms with E-state index in [4.69, 9.17) is 5.73 Å². The van der Waals surface area contributed by atoms with Crippen LogP contribution in [0.25, 0.3) is 11.2 Å². The summed E-state index contributed by atoms with van der Waals surface area (Å²) < 4.78 is 2.02. The molecule has 5 heteroatoms. The Morgan fingerprint density at radius 1 is 1.21 bits per heavy atom. The number of aryl methyl sites for hydroxylation is 2. The third-order valence-corrected chi connectivity index (χ3v) is 3.51. The molecule has 0 bridgehead atoms. The van der Waals surface area contributed by atoms with E-state index in [2.05, 4.69) is 28.7 Å². The maximum Gasteiger partial charge on any atom is 0.202 e. The van der Waals surface area contributed by atoms with Gasteiger partial charge in [0.1, 0.15) is 5.52 Å². The third-order valence-electron chi connectivity index (χ3n) is 3.51. The fourth-order valence-electron chi connectivity index (χ4n) is 2.33. The molecule has 0 saturated carbocycles. The first-order chi connectivity index (χ1) is 9.15. The van der Waals surface area contributed by atoms with E-state index >= 15 is 0 Å². The Morgan fingerprint density at radius 3 is 2.63 bits per heavy atom. The Hall–Kier alpha value is -1.62. The number of aromatic nitrogens is 3. The number of hydrogen-bond acceptors (Lipinski definition) is 4. The summed E-state index contributed by atoms with van der Waals surface area (Å²) >= 11 is 0. The third kappa shape index (κ3) is 3.04. The Labute approximate surface area is 114 Å². The minimum atomic E-state index is 0.563. The van der Waals surface area contributed by atoms with Crippen molar-refractivity contribution in [1.82, 2.24) is 19.4 Å². The summed E-state index contributed by atoms with van der Waals surface area (Å²) in [6, 6.07) is 3.95. The molecule has 0 amide bonds. The van der Waals surface area contributed by atoms with Crippen molar-refractivity contribution in [2.75, 3.05) is 25.4 Å². The van der Waals surface area contributed by atoms with Crippen LogP contribution in [0.4, 0.5) is 5.95 Å². The molecule has 0 aliphatic rings. The lowest BCUT2D eigenvalue weighted by atomic mass is 10.3. The molecule has 0 aliphatic carbocycles. The molecule has 0 radical (unpaired) electrons. The van der Waals surface area contributed by atoms with Crippen molar-refractivity contribution in [3.05, 3.63) is 17.8 Å². The van der Waals surface area contributed by atoms with Crippen molar-refractivity contribution in [2.24, 2.45) is 0 Å². The zero-order valence-corrected chi connectivity index (χ0v) is 12.1. The molecule has 0 atom stereocenters. The number of hydrogen-bond donors (Lipinski definition) is 1. The summed E-state index contributed by atoms with van der Waals surface area (Å²) in [5.74, 6) is 0.563. The SMILES string of the molecule is CCN(CC)CCCn1c(N)nc2ccc(C)nc21. The normalized spacial score (nSPS) is 11.6. The first-order valence-electron chi connectivity index (χ1n) is 6.97. The molecule has 0 fully saturated rings. The van der Waals surface area contributed by atoms with Crippen molar-refractivity contribution in [3.63, 3.8) is 0 Å². The van der Waals surface area contributed by atoms with Crippen LogP contribution < -0.4 is 5.73 Å². The molecule has 104 valence electrons. The van der Waals surface area contributed by atoms with Crippen LogP contribution in [0.2, 0.25) is 0 Å². The van der Waals surface area contributed by atoms with E-state index in [0.29, 0.717) is 5.95 Å². The van der Waals surface area contributed by atoms with Gasteiger partial charge in [0.15, 0.2) is 5.65 Å². The fourth-order valence-corrected chi connectivity index (χ4v) is 2.33. The van der Waals surface area contributed by atoms with Gasteiger partial charge in [0.05, 0.1) is 0 Å². The van der Waals surface area contributed by atoms with Crippen LogP contribution >= 0.6 is 0 Å². The molecule has 2 heterocycles. The predicted molar refractivity (Wildman–Crippen MR) is 79.1 cm³/mol. The molecule has 5 nitrogen and oxygen atoms in total. The summed E-state index contributed by atoms with van der Waals surface area (Å²) in [4.78, 5) is 11.3. The second-order valence-electron chi connectivity index (χ2n) is 4.80. The number of imidazole rings is 1. The minimum absolute atomic E-state index is 0.563. The Balaban J connectivity index is 2.11. The van der Waals surface area contributed by atoms with Crippen molar-refractivity contribution < 1.29 is 0 Å². The number of anilines is 1. The largest absolute Gasteiger partial charge is 0.369 e. The maximum atomic E-state index is 5.98. The van der Waals surface area contributed by atoms with Gasteiger partial charge in [0.2, 0.25) is 5.95 Å². The number of nitrogens with zero attached hydrogens (tertiary/aromatic N) is 4. The van der Waals surface area contributed by atoms with Gasteiger partial charge in [-0.3, -0.25) is 4.57 Å². The Kier molecular flexibility index (Phi) is 4.37. The average Bonchev–Trinajstić information content (AvgIpc) is 2.71. The van der Waals surface area contributed by atoms with Crippen molar-refractivity contribution in [2.45, 2.75) is 33.7 Å². The van der Waals surface area contributed by atoms with Gasteiger partial charge >= 0.3 is 0 Å². The lowest BCUT2D eigenvalue weighted by molar-refractivity contribution is 0.294. The van der Waals surface area contributed by atoms with Gasteiger partial charge in [-0.2, -0.15) is 0 Å². The van der Waals surface area contributed by atoms with Crippen LogP contribution in [0.1, 0.15) is 26.0 Å². The van der Waals surface area contributed by atoms with Gasteiger partial charge < -0.3 is 10.6 Å². The average molecular weight is 261 g/mol. The first-order valence-corrected chi connectivity index (χ1v) is 6.97. The molecule has 2 N–H and O–H groups in total. The molecule has 19 heavy (non-hydrogen) atoms. The highest BCUT2D eigenvalue weighted by Crippen LogP contribution is 2.16. The molecule has 0 spiro atoms. The number of fused-ring (bicyclic) bond motifs is 1. The van der Waals surface area contributed by atoms with Gasteiger partial charge in [0, 0.05) is 12.2 Å². The molecular weight excluding hydrogens is 238 g/mol. The summed E-state index contributed by atoms with van der Waals surface area (Å²) in [5, 5.41) is 0. The van der Waals surface area contributed by atoms with E-state index in [9.17, 15) is 0 Å². The predicted octanol–water partition coefficient (Wildman–Crippen LogP) is 2.05. The standard InChI is InChI=1S/C14H23N5/c1-4-18(5-2)9-6-10-19-13-12(17-14(19)15)8-7-11(3)16-13/h7-8H,4-6,9-10H2,1-3H3,(H2,15,17). The smallest absolute Gasteiger partial charge is 0.202 e. The molecule has 0 saturated heterocycles. The molecular formula is C14H23N5. The molecule has 0 aromatic carbocycles. The van der Waals surface area contributed by atoms with Gasteiger partial charge in [-0.15, -0.1) is 0 Å². The highest BCUT2D eigenvalue weighted by Gasteiger charge is 2.09. The van der Waals surface area contributed by atoms with Crippen LogP contribution in [-0.4, -0.2) is 39.1 Å². The number of pyridine rings is 1. The molecule has 2 aromatic heterocycles. The zero-order valence-electron chi connectivity index (χ0n) is 12.1. The van der Waals surface area contributed by atoms with Crippen LogP contribution in [-0.2, 0) is 6.54 Å². The summed E-state index contributed by atoms with van der Waals surface area (Å²) in [6.45, 7) is 10.5. The van der Waals surface area contributed by atoms with E-state index in [1.54, 1.807) is 0 Å². The first kappa shape index (κ1) is 13.8. The topological polar surface area (TPSA) is 60.0 Å². The Morgan fingerprint density at radius 2 is 1.95 bits per heavy atom. The molecule has 2 aromatic rings. The van der Waals surface area contributed by atoms with Gasteiger partial charge in [-0.1, -0.05) is 13.8 Å². The molecule has 0 unspecified atom stereocenters. The monoisotopic (exact) mass is 261 g/mol. The van der Waals surface area contributed by atoms with Crippen molar-refractivity contribution >= 4 is 17.1 Å². The number of nitrogen functional groups attached to an aromatic ring is 1. The van der Waals surface area contributed by atoms with E-state index in [0.717, 1.165) is 49.5 Å². The van der Waals surface area contributed by atoms with E-state index in [1.165, 1.54) is 0 Å². The van der Waals surface area contributed by atoms with Gasteiger partial charge in [0.25, 0.3) is 0 Å². The van der Waals surface area contributed by atoms with Crippen molar-refractivity contribution in [1.29, 1.82) is 0 Å². The summed E-state index contributed by atoms with van der Waals surface area (Å²) in [7, 11) is 0. The van der Waals surface area contributed by atoms with Gasteiger partial charge in [-0.25, -0.2) is 9.97 Å². The van der Waals surface area contributed by atoms with Gasteiger partial charge in [-0.05, 0) is 45.1 Å². The quantitative estimate of drug-likeness (QED) is 0.864. The second kappa shape index (κ2) is 6.02. The highest BCUT2D eigenvalue weighted by atomic mass is 15.2.